The van der Waals surface area contributed by atoms with Gasteiger partial charge in [-0.05, 0) is 67.2 Å². The standard InChI is InChI=1S/C26H20F2N4O2S/c1-15-22(25-30-24(31-34-25)17-5-3-8-21(13-17)33-2)23(16-9-11-18(27)12-10-16)29-26(35)32(15)20-7-4-6-19(28)14-20/h3-14,23H,1-2H3,(H,29,35). The number of ether oxygens (including phenoxy) is 1. The highest BCUT2D eigenvalue weighted by Gasteiger charge is 2.35. The number of hydrogen-bond donors (Lipinski definition) is 1. The first-order valence-electron chi connectivity index (χ1n) is 10.8. The van der Waals surface area contributed by atoms with Gasteiger partial charge in [-0.1, -0.05) is 35.5 Å². The Morgan fingerprint density at radius 2 is 1.77 bits per heavy atom. The fraction of sp³-hybridized carbons (Fsp3) is 0.115. The summed E-state index contributed by atoms with van der Waals surface area (Å²) >= 11 is 5.65. The third-order valence-electron chi connectivity index (χ3n) is 5.74. The summed E-state index contributed by atoms with van der Waals surface area (Å²) in [5, 5.41) is 7.80. The largest absolute Gasteiger partial charge is 0.497 e. The van der Waals surface area contributed by atoms with E-state index in [1.54, 1.807) is 42.3 Å². The monoisotopic (exact) mass is 490 g/mol. The van der Waals surface area contributed by atoms with Crippen LogP contribution in [0.15, 0.2) is 83.0 Å². The fourth-order valence-corrected chi connectivity index (χ4v) is 4.42. The molecule has 5 rings (SSSR count). The second kappa shape index (κ2) is 9.27. The summed E-state index contributed by atoms with van der Waals surface area (Å²) in [7, 11) is 1.58. The molecule has 0 fully saturated rings. The lowest BCUT2D eigenvalue weighted by atomic mass is 9.94. The molecule has 1 N–H and O–H groups in total. The van der Waals surface area contributed by atoms with Crippen molar-refractivity contribution in [3.63, 3.8) is 0 Å². The van der Waals surface area contributed by atoms with Crippen molar-refractivity contribution >= 4 is 28.6 Å². The lowest BCUT2D eigenvalue weighted by molar-refractivity contribution is 0.403. The van der Waals surface area contributed by atoms with Crippen LogP contribution in [-0.4, -0.2) is 22.4 Å². The van der Waals surface area contributed by atoms with E-state index in [9.17, 15) is 8.78 Å². The molecule has 1 aliphatic rings. The zero-order chi connectivity index (χ0) is 24.5. The number of thiocarbonyl (C=S) groups is 1. The van der Waals surface area contributed by atoms with Gasteiger partial charge in [-0.15, -0.1) is 0 Å². The Morgan fingerprint density at radius 3 is 2.51 bits per heavy atom. The molecule has 0 saturated heterocycles. The Bertz CT molecular complexity index is 1440. The Hall–Kier alpha value is -4.11. The van der Waals surface area contributed by atoms with Gasteiger partial charge in [-0.2, -0.15) is 4.98 Å². The number of allylic oxidation sites excluding steroid dienone is 1. The number of halogens is 2. The van der Waals surface area contributed by atoms with Gasteiger partial charge in [0.15, 0.2) is 5.11 Å². The van der Waals surface area contributed by atoms with Gasteiger partial charge in [0.2, 0.25) is 5.82 Å². The Morgan fingerprint density at radius 1 is 1.00 bits per heavy atom. The summed E-state index contributed by atoms with van der Waals surface area (Å²) in [6.07, 6.45) is 0. The topological polar surface area (TPSA) is 63.4 Å². The molecule has 176 valence electrons. The number of hydrogen-bond acceptors (Lipinski definition) is 5. The van der Waals surface area contributed by atoms with E-state index in [-0.39, 0.29) is 11.7 Å². The maximum atomic E-state index is 14.0. The number of anilines is 1. The number of benzene rings is 3. The maximum absolute atomic E-state index is 14.0. The zero-order valence-corrected chi connectivity index (χ0v) is 19.6. The van der Waals surface area contributed by atoms with E-state index in [0.29, 0.717) is 33.6 Å². The van der Waals surface area contributed by atoms with E-state index in [1.807, 2.05) is 25.1 Å². The minimum atomic E-state index is -0.494. The van der Waals surface area contributed by atoms with Gasteiger partial charge < -0.3 is 14.6 Å². The number of nitrogens with one attached hydrogen (secondary N) is 1. The quantitative estimate of drug-likeness (QED) is 0.350. The molecule has 9 heteroatoms. The van der Waals surface area contributed by atoms with Gasteiger partial charge in [-0.25, -0.2) is 8.78 Å². The number of rotatable bonds is 5. The first-order valence-corrected chi connectivity index (χ1v) is 11.2. The lowest BCUT2D eigenvalue weighted by Gasteiger charge is -2.37. The Labute approximate surface area is 205 Å². The minimum absolute atomic E-state index is 0.256. The van der Waals surface area contributed by atoms with Crippen molar-refractivity contribution < 1.29 is 18.0 Å². The van der Waals surface area contributed by atoms with Gasteiger partial charge in [0.25, 0.3) is 5.89 Å². The van der Waals surface area contributed by atoms with Gasteiger partial charge in [0, 0.05) is 11.3 Å². The molecule has 3 aromatic carbocycles. The van der Waals surface area contributed by atoms with E-state index < -0.39 is 11.9 Å². The van der Waals surface area contributed by atoms with Crippen molar-refractivity contribution in [1.82, 2.24) is 15.5 Å². The summed E-state index contributed by atoms with van der Waals surface area (Å²) in [5.74, 6) is 0.552. The molecule has 2 heterocycles. The molecule has 0 bridgehead atoms. The molecule has 1 atom stereocenters. The van der Waals surface area contributed by atoms with Crippen LogP contribution in [0.1, 0.15) is 24.4 Å². The van der Waals surface area contributed by atoms with Crippen molar-refractivity contribution in [1.29, 1.82) is 0 Å². The predicted molar refractivity (Wildman–Crippen MR) is 133 cm³/mol. The van der Waals surface area contributed by atoms with E-state index >= 15 is 0 Å². The minimum Gasteiger partial charge on any atom is -0.497 e. The molecule has 6 nitrogen and oxygen atoms in total. The third kappa shape index (κ3) is 4.38. The van der Waals surface area contributed by atoms with Crippen LogP contribution in [0.3, 0.4) is 0 Å². The molecule has 4 aromatic rings. The second-order valence-electron chi connectivity index (χ2n) is 7.90. The van der Waals surface area contributed by atoms with Gasteiger partial charge in [0.1, 0.15) is 17.4 Å². The SMILES string of the molecule is COc1cccc(-c2noc(C3=C(C)N(c4cccc(F)c4)C(=S)NC3c3ccc(F)cc3)n2)c1. The van der Waals surface area contributed by atoms with Crippen molar-refractivity contribution in [2.24, 2.45) is 0 Å². The zero-order valence-electron chi connectivity index (χ0n) is 18.8. The van der Waals surface area contributed by atoms with Crippen LogP contribution in [-0.2, 0) is 0 Å². The first-order chi connectivity index (χ1) is 16.9. The molecule has 0 aliphatic carbocycles. The van der Waals surface area contributed by atoms with Crippen LogP contribution in [0.2, 0.25) is 0 Å². The normalized spacial score (nSPS) is 15.8. The van der Waals surface area contributed by atoms with Gasteiger partial charge in [-0.3, -0.25) is 4.90 Å². The van der Waals surface area contributed by atoms with Crippen LogP contribution in [0.4, 0.5) is 14.5 Å². The van der Waals surface area contributed by atoms with Gasteiger partial charge >= 0.3 is 0 Å². The number of nitrogens with zero attached hydrogens (tertiary/aromatic N) is 3. The Kier molecular flexibility index (Phi) is 6.00. The van der Waals surface area contributed by atoms with Gasteiger partial charge in [0.05, 0.1) is 24.4 Å². The predicted octanol–water partition coefficient (Wildman–Crippen LogP) is 5.89. The molecule has 0 spiro atoms. The number of methoxy groups -OCH3 is 1. The highest BCUT2D eigenvalue weighted by molar-refractivity contribution is 7.80. The molecule has 0 amide bonds. The molecule has 1 aromatic heterocycles. The number of aromatic nitrogens is 2. The van der Waals surface area contributed by atoms with Crippen LogP contribution in [0.5, 0.6) is 5.75 Å². The molecule has 1 aliphatic heterocycles. The van der Waals surface area contributed by atoms with Crippen molar-refractivity contribution in [2.75, 3.05) is 12.0 Å². The maximum Gasteiger partial charge on any atom is 0.258 e. The molecule has 0 saturated carbocycles. The highest BCUT2D eigenvalue weighted by atomic mass is 32.1. The molecular weight excluding hydrogens is 470 g/mol. The summed E-state index contributed by atoms with van der Waals surface area (Å²) in [5.41, 5.74) is 3.33. The smallest absolute Gasteiger partial charge is 0.258 e. The van der Waals surface area contributed by atoms with Crippen molar-refractivity contribution in [3.05, 3.63) is 102 Å². The summed E-state index contributed by atoms with van der Waals surface area (Å²) in [6, 6.07) is 19.0. The summed E-state index contributed by atoms with van der Waals surface area (Å²) in [4.78, 5) is 6.36. The van der Waals surface area contributed by atoms with Crippen LogP contribution in [0.25, 0.3) is 17.0 Å². The summed E-state index contributed by atoms with van der Waals surface area (Å²) in [6.45, 7) is 1.85. The molecule has 1 unspecified atom stereocenters. The lowest BCUT2D eigenvalue weighted by Crippen LogP contribution is -2.46. The van der Waals surface area contributed by atoms with E-state index in [2.05, 4.69) is 15.5 Å². The highest BCUT2D eigenvalue weighted by Crippen LogP contribution is 2.39. The van der Waals surface area contributed by atoms with Crippen LogP contribution < -0.4 is 15.0 Å². The fourth-order valence-electron chi connectivity index (χ4n) is 4.06. The van der Waals surface area contributed by atoms with Crippen molar-refractivity contribution in [2.45, 2.75) is 13.0 Å². The second-order valence-corrected chi connectivity index (χ2v) is 8.29. The van der Waals surface area contributed by atoms with E-state index in [0.717, 1.165) is 11.1 Å². The summed E-state index contributed by atoms with van der Waals surface area (Å²) < 4.78 is 38.7. The van der Waals surface area contributed by atoms with E-state index in [1.165, 1.54) is 24.3 Å². The Balaban J connectivity index is 1.65. The third-order valence-corrected chi connectivity index (χ3v) is 6.04. The molecular formula is C26H20F2N4O2S. The molecule has 0 radical (unpaired) electrons. The average molecular weight is 491 g/mol. The van der Waals surface area contributed by atoms with Crippen LogP contribution >= 0.6 is 12.2 Å². The van der Waals surface area contributed by atoms with E-state index in [4.69, 9.17) is 21.5 Å². The molecule has 35 heavy (non-hydrogen) atoms. The van der Waals surface area contributed by atoms with Crippen molar-refractivity contribution in [3.8, 4) is 17.1 Å². The average Bonchev–Trinajstić information content (AvgIpc) is 3.34. The van der Waals surface area contributed by atoms with Crippen LogP contribution in [0, 0.1) is 11.6 Å². The first kappa shape index (κ1) is 22.7.